The normalized spacial score (nSPS) is 15.6. The molecule has 0 aliphatic heterocycles. The second-order valence-corrected chi connectivity index (χ2v) is 8.03. The molecule has 0 aromatic carbocycles. The standard InChI is InChI=1S/C11H18BrNS2/c1-7(2)8(3)14-10(6-13)9-4-5-11(12)15-9/h4-5,7-8,10H,6,13H2,1-3H3. The molecule has 1 nitrogen and oxygen atoms in total. The van der Waals surface area contributed by atoms with E-state index in [2.05, 4.69) is 48.8 Å². The smallest absolute Gasteiger partial charge is 0.0701 e. The van der Waals surface area contributed by atoms with Crippen LogP contribution in [0, 0.1) is 5.92 Å². The van der Waals surface area contributed by atoms with Gasteiger partial charge in [-0.25, -0.2) is 0 Å². The minimum absolute atomic E-state index is 0.443. The van der Waals surface area contributed by atoms with E-state index in [0.29, 0.717) is 23.0 Å². The Morgan fingerprint density at radius 1 is 1.40 bits per heavy atom. The molecule has 0 saturated carbocycles. The van der Waals surface area contributed by atoms with Crippen LogP contribution in [0.2, 0.25) is 0 Å². The van der Waals surface area contributed by atoms with Crippen molar-refractivity contribution in [3.8, 4) is 0 Å². The molecular formula is C11H18BrNS2. The van der Waals surface area contributed by atoms with Crippen molar-refractivity contribution >= 4 is 39.0 Å². The summed E-state index contributed by atoms with van der Waals surface area (Å²) in [7, 11) is 0. The number of thiophene rings is 1. The third-order valence-electron chi connectivity index (χ3n) is 2.44. The van der Waals surface area contributed by atoms with Crippen LogP contribution in [0.1, 0.15) is 30.9 Å². The third kappa shape index (κ3) is 4.10. The molecule has 4 heteroatoms. The zero-order valence-electron chi connectivity index (χ0n) is 9.37. The Kier molecular flexibility index (Phi) is 5.68. The predicted octanol–water partition coefficient (Wildman–Crippen LogP) is 4.29. The zero-order chi connectivity index (χ0) is 11.4. The lowest BCUT2D eigenvalue weighted by Gasteiger charge is -2.21. The van der Waals surface area contributed by atoms with Crippen molar-refractivity contribution in [1.29, 1.82) is 0 Å². The average Bonchev–Trinajstić information content (AvgIpc) is 2.60. The second-order valence-electron chi connectivity index (χ2n) is 3.95. The summed E-state index contributed by atoms with van der Waals surface area (Å²) in [5, 5.41) is 1.10. The van der Waals surface area contributed by atoms with Crippen molar-refractivity contribution in [3.63, 3.8) is 0 Å². The molecule has 0 spiro atoms. The van der Waals surface area contributed by atoms with Crippen LogP contribution in [0.5, 0.6) is 0 Å². The van der Waals surface area contributed by atoms with Gasteiger partial charge in [0.05, 0.1) is 9.04 Å². The molecule has 0 amide bonds. The van der Waals surface area contributed by atoms with Crippen LogP contribution in [0.4, 0.5) is 0 Å². The summed E-state index contributed by atoms with van der Waals surface area (Å²) in [4.78, 5) is 1.38. The van der Waals surface area contributed by atoms with Gasteiger partial charge in [0, 0.05) is 16.7 Å². The van der Waals surface area contributed by atoms with E-state index in [4.69, 9.17) is 5.73 Å². The first-order chi connectivity index (χ1) is 7.04. The van der Waals surface area contributed by atoms with Crippen LogP contribution >= 0.6 is 39.0 Å². The molecular weight excluding hydrogens is 290 g/mol. The Bertz CT molecular complexity index is 299. The van der Waals surface area contributed by atoms with E-state index in [1.165, 1.54) is 8.66 Å². The Balaban J connectivity index is 2.64. The van der Waals surface area contributed by atoms with Crippen molar-refractivity contribution in [2.24, 2.45) is 11.7 Å². The van der Waals surface area contributed by atoms with Gasteiger partial charge in [0.2, 0.25) is 0 Å². The molecule has 1 rings (SSSR count). The van der Waals surface area contributed by atoms with E-state index < -0.39 is 0 Å². The van der Waals surface area contributed by atoms with E-state index in [1.54, 1.807) is 11.3 Å². The summed E-state index contributed by atoms with van der Waals surface area (Å²) in [5.41, 5.74) is 5.83. The Morgan fingerprint density at radius 2 is 2.07 bits per heavy atom. The van der Waals surface area contributed by atoms with Gasteiger partial charge >= 0.3 is 0 Å². The molecule has 2 atom stereocenters. The Hall–Kier alpha value is 0.490. The number of hydrogen-bond donors (Lipinski definition) is 1. The van der Waals surface area contributed by atoms with Gasteiger partial charge in [-0.1, -0.05) is 20.8 Å². The summed E-state index contributed by atoms with van der Waals surface area (Å²) in [6.07, 6.45) is 0. The van der Waals surface area contributed by atoms with Gasteiger partial charge in [0.25, 0.3) is 0 Å². The van der Waals surface area contributed by atoms with Crippen molar-refractivity contribution in [3.05, 3.63) is 20.8 Å². The SMILES string of the molecule is CC(C)C(C)SC(CN)c1ccc(Br)s1. The maximum atomic E-state index is 5.83. The van der Waals surface area contributed by atoms with E-state index in [0.717, 1.165) is 0 Å². The van der Waals surface area contributed by atoms with Gasteiger partial charge in [-0.05, 0) is 34.0 Å². The number of thioether (sulfide) groups is 1. The molecule has 86 valence electrons. The van der Waals surface area contributed by atoms with Gasteiger partial charge in [-0.3, -0.25) is 0 Å². The van der Waals surface area contributed by atoms with Gasteiger partial charge in [0.1, 0.15) is 0 Å². The van der Waals surface area contributed by atoms with E-state index >= 15 is 0 Å². The topological polar surface area (TPSA) is 26.0 Å². The Morgan fingerprint density at radius 3 is 2.47 bits per heavy atom. The van der Waals surface area contributed by atoms with Crippen molar-refractivity contribution < 1.29 is 0 Å². The van der Waals surface area contributed by atoms with Crippen molar-refractivity contribution in [1.82, 2.24) is 0 Å². The molecule has 1 heterocycles. The quantitative estimate of drug-likeness (QED) is 0.878. The van der Waals surface area contributed by atoms with Crippen LogP contribution in [0.3, 0.4) is 0 Å². The summed E-state index contributed by atoms with van der Waals surface area (Å²) in [6.45, 7) is 7.51. The van der Waals surface area contributed by atoms with Gasteiger partial charge < -0.3 is 5.73 Å². The number of rotatable bonds is 5. The molecule has 2 N–H and O–H groups in total. The highest BCUT2D eigenvalue weighted by Gasteiger charge is 2.18. The van der Waals surface area contributed by atoms with E-state index in [9.17, 15) is 0 Å². The molecule has 15 heavy (non-hydrogen) atoms. The first kappa shape index (κ1) is 13.6. The fourth-order valence-corrected chi connectivity index (χ4v) is 4.04. The van der Waals surface area contributed by atoms with Crippen LogP contribution in [-0.2, 0) is 0 Å². The summed E-state index contributed by atoms with van der Waals surface area (Å²) in [6, 6.07) is 4.27. The number of halogens is 1. The number of hydrogen-bond acceptors (Lipinski definition) is 3. The predicted molar refractivity (Wildman–Crippen MR) is 75.7 cm³/mol. The highest BCUT2D eigenvalue weighted by molar-refractivity contribution is 9.11. The van der Waals surface area contributed by atoms with Crippen molar-refractivity contribution in [2.75, 3.05) is 6.54 Å². The molecule has 0 radical (unpaired) electrons. The van der Waals surface area contributed by atoms with Crippen molar-refractivity contribution in [2.45, 2.75) is 31.3 Å². The molecule has 1 aromatic heterocycles. The molecule has 0 aliphatic carbocycles. The number of nitrogens with two attached hydrogens (primary N) is 1. The van der Waals surface area contributed by atoms with E-state index in [1.807, 2.05) is 11.8 Å². The minimum Gasteiger partial charge on any atom is -0.329 e. The molecule has 0 saturated heterocycles. The summed E-state index contributed by atoms with van der Waals surface area (Å²) in [5.74, 6) is 0.701. The first-order valence-corrected chi connectivity index (χ1v) is 7.70. The minimum atomic E-state index is 0.443. The van der Waals surface area contributed by atoms with Crippen LogP contribution in [-0.4, -0.2) is 11.8 Å². The van der Waals surface area contributed by atoms with Crippen LogP contribution in [0.15, 0.2) is 15.9 Å². The van der Waals surface area contributed by atoms with Gasteiger partial charge in [0.15, 0.2) is 0 Å². The lowest BCUT2D eigenvalue weighted by Crippen LogP contribution is -2.14. The summed E-state index contributed by atoms with van der Waals surface area (Å²) >= 11 is 7.27. The fourth-order valence-electron chi connectivity index (χ4n) is 1.16. The fraction of sp³-hybridized carbons (Fsp3) is 0.636. The average molecular weight is 308 g/mol. The second kappa shape index (κ2) is 6.28. The largest absolute Gasteiger partial charge is 0.329 e. The molecule has 2 unspecified atom stereocenters. The maximum Gasteiger partial charge on any atom is 0.0701 e. The van der Waals surface area contributed by atoms with Crippen LogP contribution in [0.25, 0.3) is 0 Å². The highest BCUT2D eigenvalue weighted by Crippen LogP contribution is 2.38. The molecule has 0 aliphatic rings. The lowest BCUT2D eigenvalue weighted by atomic mass is 10.2. The third-order valence-corrected chi connectivity index (χ3v) is 6.08. The molecule has 1 aromatic rings. The van der Waals surface area contributed by atoms with Gasteiger partial charge in [-0.2, -0.15) is 0 Å². The first-order valence-electron chi connectivity index (χ1n) is 5.15. The molecule has 0 fully saturated rings. The van der Waals surface area contributed by atoms with Gasteiger partial charge in [-0.15, -0.1) is 23.1 Å². The lowest BCUT2D eigenvalue weighted by molar-refractivity contribution is 0.639. The zero-order valence-corrected chi connectivity index (χ0v) is 12.6. The Labute approximate surface area is 109 Å². The maximum absolute atomic E-state index is 5.83. The summed E-state index contributed by atoms with van der Waals surface area (Å²) < 4.78 is 1.19. The van der Waals surface area contributed by atoms with E-state index in [-0.39, 0.29) is 0 Å². The highest BCUT2D eigenvalue weighted by atomic mass is 79.9. The molecule has 0 bridgehead atoms. The van der Waals surface area contributed by atoms with Crippen LogP contribution < -0.4 is 5.73 Å². The monoisotopic (exact) mass is 307 g/mol.